The first-order valence-corrected chi connectivity index (χ1v) is 11.8. The lowest BCUT2D eigenvalue weighted by atomic mass is 9.82. The molecule has 2 aromatic rings. The predicted molar refractivity (Wildman–Crippen MR) is 126 cm³/mol. The van der Waals surface area contributed by atoms with Gasteiger partial charge in [0.25, 0.3) is 5.91 Å². The first-order chi connectivity index (χ1) is 15.3. The second-order valence-corrected chi connectivity index (χ2v) is 9.70. The molecular formula is C25H29BrN2O4. The van der Waals surface area contributed by atoms with Crippen LogP contribution in [0.2, 0.25) is 0 Å². The van der Waals surface area contributed by atoms with Crippen LogP contribution in [0.5, 0.6) is 0 Å². The van der Waals surface area contributed by atoms with Crippen LogP contribution < -0.4 is 4.90 Å². The monoisotopic (exact) mass is 500 g/mol. The number of hydrogen-bond donors (Lipinski definition) is 1. The maximum Gasteiger partial charge on any atom is 0.264 e. The number of carbonyl (C=O) groups is 2. The highest BCUT2D eigenvalue weighted by molar-refractivity contribution is 9.10. The molecule has 32 heavy (non-hydrogen) atoms. The highest BCUT2D eigenvalue weighted by Gasteiger charge is 2.60. The molecule has 2 aromatic carbocycles. The SMILES string of the molecule is Cc1cc(Br)c2c(c1)[C@@]1(O[C@H](CC(=O)N(CCO)Cc3ccccc3)C[C@@H]1C)C(=O)N2C. The lowest BCUT2D eigenvalue weighted by Gasteiger charge is -2.28. The van der Waals surface area contributed by atoms with Crippen molar-refractivity contribution in [1.29, 1.82) is 0 Å². The summed E-state index contributed by atoms with van der Waals surface area (Å²) in [5.74, 6) is -0.232. The summed E-state index contributed by atoms with van der Waals surface area (Å²) in [7, 11) is 1.77. The fourth-order valence-electron chi connectivity index (χ4n) is 5.07. The van der Waals surface area contributed by atoms with Crippen molar-refractivity contribution >= 4 is 33.4 Å². The molecule has 0 aliphatic carbocycles. The van der Waals surface area contributed by atoms with E-state index in [0.717, 1.165) is 26.9 Å². The van der Waals surface area contributed by atoms with Gasteiger partial charge in [0.1, 0.15) is 0 Å². The van der Waals surface area contributed by atoms with Gasteiger partial charge in [0.2, 0.25) is 5.91 Å². The highest BCUT2D eigenvalue weighted by atomic mass is 79.9. The van der Waals surface area contributed by atoms with Gasteiger partial charge >= 0.3 is 0 Å². The average Bonchev–Trinajstić information content (AvgIpc) is 3.18. The predicted octanol–water partition coefficient (Wildman–Crippen LogP) is 3.77. The van der Waals surface area contributed by atoms with E-state index in [2.05, 4.69) is 15.9 Å². The van der Waals surface area contributed by atoms with Crippen LogP contribution in [0.25, 0.3) is 0 Å². The Balaban J connectivity index is 1.56. The van der Waals surface area contributed by atoms with Crippen LogP contribution in [-0.2, 0) is 26.5 Å². The quantitative estimate of drug-likeness (QED) is 0.655. The molecule has 1 N–H and O–H groups in total. The number of rotatable bonds is 6. The number of likely N-dealkylation sites (N-methyl/N-ethyl adjacent to an activating group) is 1. The number of carbonyl (C=O) groups excluding carboxylic acids is 2. The van der Waals surface area contributed by atoms with Crippen molar-refractivity contribution in [3.8, 4) is 0 Å². The molecule has 4 rings (SSSR count). The van der Waals surface area contributed by atoms with Gasteiger partial charge in [0, 0.05) is 36.1 Å². The third kappa shape index (κ3) is 3.87. The lowest BCUT2D eigenvalue weighted by Crippen LogP contribution is -2.43. The van der Waals surface area contributed by atoms with E-state index in [1.54, 1.807) is 16.8 Å². The Bertz CT molecular complexity index is 1030. The Morgan fingerprint density at radius 1 is 1.31 bits per heavy atom. The van der Waals surface area contributed by atoms with Crippen molar-refractivity contribution in [1.82, 2.24) is 4.90 Å². The maximum absolute atomic E-state index is 13.4. The first-order valence-electron chi connectivity index (χ1n) is 11.0. The summed E-state index contributed by atoms with van der Waals surface area (Å²) >= 11 is 3.61. The smallest absolute Gasteiger partial charge is 0.264 e. The molecular weight excluding hydrogens is 472 g/mol. The van der Waals surface area contributed by atoms with Gasteiger partial charge < -0.3 is 19.6 Å². The summed E-state index contributed by atoms with van der Waals surface area (Å²) in [5, 5.41) is 9.48. The van der Waals surface area contributed by atoms with Crippen molar-refractivity contribution in [3.05, 3.63) is 63.6 Å². The molecule has 170 valence electrons. The van der Waals surface area contributed by atoms with Crippen molar-refractivity contribution < 1.29 is 19.4 Å². The second-order valence-electron chi connectivity index (χ2n) is 8.85. The van der Waals surface area contributed by atoms with E-state index < -0.39 is 5.60 Å². The molecule has 2 aliphatic rings. The van der Waals surface area contributed by atoms with E-state index in [1.807, 2.05) is 56.3 Å². The Morgan fingerprint density at radius 3 is 2.72 bits per heavy atom. The van der Waals surface area contributed by atoms with E-state index in [4.69, 9.17) is 4.74 Å². The van der Waals surface area contributed by atoms with E-state index in [9.17, 15) is 14.7 Å². The lowest BCUT2D eigenvalue weighted by molar-refractivity contribution is -0.149. The molecule has 0 aromatic heterocycles. The van der Waals surface area contributed by atoms with Gasteiger partial charge in [-0.3, -0.25) is 9.59 Å². The molecule has 7 heteroatoms. The normalized spacial score (nSPS) is 24.3. The van der Waals surface area contributed by atoms with Gasteiger partial charge in [0.05, 0.1) is 24.8 Å². The van der Waals surface area contributed by atoms with Gasteiger partial charge in [-0.2, -0.15) is 0 Å². The summed E-state index contributed by atoms with van der Waals surface area (Å²) in [6.45, 7) is 4.62. The molecule has 2 amide bonds. The number of nitrogens with zero attached hydrogens (tertiary/aromatic N) is 2. The molecule has 1 fully saturated rings. The van der Waals surface area contributed by atoms with Crippen LogP contribution in [0.1, 0.15) is 36.5 Å². The van der Waals surface area contributed by atoms with Crippen LogP contribution in [0, 0.1) is 12.8 Å². The number of aliphatic hydroxyl groups is 1. The fourth-order valence-corrected chi connectivity index (χ4v) is 5.91. The van der Waals surface area contributed by atoms with E-state index in [-0.39, 0.29) is 43.4 Å². The number of anilines is 1. The minimum atomic E-state index is -1.06. The average molecular weight is 501 g/mol. The van der Waals surface area contributed by atoms with Crippen LogP contribution in [0.3, 0.4) is 0 Å². The molecule has 6 nitrogen and oxygen atoms in total. The van der Waals surface area contributed by atoms with Gasteiger partial charge in [0.15, 0.2) is 5.60 Å². The topological polar surface area (TPSA) is 70.1 Å². The largest absolute Gasteiger partial charge is 0.395 e. The highest BCUT2D eigenvalue weighted by Crippen LogP contribution is 2.55. The number of aryl methyl sites for hydroxylation is 1. The van der Waals surface area contributed by atoms with E-state index in [1.165, 1.54) is 0 Å². The molecule has 3 atom stereocenters. The fraction of sp³-hybridized carbons (Fsp3) is 0.440. The van der Waals surface area contributed by atoms with Crippen LogP contribution >= 0.6 is 15.9 Å². The number of amides is 2. The molecule has 1 saturated heterocycles. The first kappa shape index (κ1) is 23.0. The summed E-state index contributed by atoms with van der Waals surface area (Å²) in [4.78, 5) is 29.9. The summed E-state index contributed by atoms with van der Waals surface area (Å²) in [6.07, 6.45) is 0.435. The zero-order valence-electron chi connectivity index (χ0n) is 18.7. The number of benzene rings is 2. The van der Waals surface area contributed by atoms with Gasteiger partial charge in [-0.1, -0.05) is 43.3 Å². The standard InChI is InChI=1S/C25H29BrN2O4/c1-16-11-20-23(21(26)12-16)27(3)24(31)25(20)17(2)13-19(32-25)14-22(30)28(9-10-29)15-18-7-5-4-6-8-18/h4-8,11-12,17,19,29H,9-10,13-15H2,1-3H3/t17-,19-,25+/m0/s1. The summed E-state index contributed by atoms with van der Waals surface area (Å²) < 4.78 is 7.34. The number of fused-ring (bicyclic) bond motifs is 2. The van der Waals surface area contributed by atoms with Crippen molar-refractivity contribution in [2.24, 2.45) is 5.92 Å². The number of hydrogen-bond acceptors (Lipinski definition) is 4. The second kappa shape index (κ2) is 8.96. The minimum absolute atomic E-state index is 0.0642. The van der Waals surface area contributed by atoms with Crippen molar-refractivity contribution in [2.75, 3.05) is 25.1 Å². The Morgan fingerprint density at radius 2 is 2.03 bits per heavy atom. The Labute approximate surface area is 197 Å². The number of ether oxygens (including phenoxy) is 1. The van der Waals surface area contributed by atoms with Crippen LogP contribution in [-0.4, -0.2) is 48.1 Å². The molecule has 2 aliphatic heterocycles. The van der Waals surface area contributed by atoms with E-state index >= 15 is 0 Å². The van der Waals surface area contributed by atoms with Crippen molar-refractivity contribution in [3.63, 3.8) is 0 Å². The van der Waals surface area contributed by atoms with Gasteiger partial charge in [-0.25, -0.2) is 0 Å². The van der Waals surface area contributed by atoms with Crippen molar-refractivity contribution in [2.45, 2.75) is 44.9 Å². The minimum Gasteiger partial charge on any atom is -0.395 e. The molecule has 1 spiro atoms. The van der Waals surface area contributed by atoms with Gasteiger partial charge in [-0.05, 0) is 46.5 Å². The molecule has 0 unspecified atom stereocenters. The molecule has 0 radical (unpaired) electrons. The molecule has 0 saturated carbocycles. The Kier molecular flexibility index (Phi) is 6.43. The van der Waals surface area contributed by atoms with Crippen LogP contribution in [0.4, 0.5) is 5.69 Å². The summed E-state index contributed by atoms with van der Waals surface area (Å²) in [5.41, 5.74) is 2.70. The molecule has 0 bridgehead atoms. The number of halogens is 1. The third-order valence-electron chi connectivity index (χ3n) is 6.57. The zero-order chi connectivity index (χ0) is 23.0. The Hall–Kier alpha value is -2.22. The van der Waals surface area contributed by atoms with Gasteiger partial charge in [-0.15, -0.1) is 0 Å². The van der Waals surface area contributed by atoms with E-state index in [0.29, 0.717) is 13.0 Å². The maximum atomic E-state index is 13.4. The zero-order valence-corrected chi connectivity index (χ0v) is 20.3. The summed E-state index contributed by atoms with van der Waals surface area (Å²) in [6, 6.07) is 13.7. The van der Waals surface area contributed by atoms with Crippen LogP contribution in [0.15, 0.2) is 46.9 Å². The third-order valence-corrected chi connectivity index (χ3v) is 7.17. The number of aliphatic hydroxyl groups excluding tert-OH is 1. The molecule has 2 heterocycles.